The third kappa shape index (κ3) is 4.89. The van der Waals surface area contributed by atoms with Gasteiger partial charge in [-0.15, -0.1) is 0 Å². The first-order valence-electron chi connectivity index (χ1n) is 11.5. The van der Waals surface area contributed by atoms with Gasteiger partial charge in [0.15, 0.2) is 0 Å². The maximum atomic E-state index is 13.4. The Morgan fingerprint density at radius 1 is 1.27 bits per heavy atom. The van der Waals surface area contributed by atoms with Crippen molar-refractivity contribution in [2.75, 3.05) is 46.4 Å². The number of fused-ring (bicyclic) bond motifs is 1. The van der Waals surface area contributed by atoms with Gasteiger partial charge < -0.3 is 23.9 Å². The Morgan fingerprint density at radius 2 is 2.13 bits per heavy atom. The van der Waals surface area contributed by atoms with Gasteiger partial charge in [-0.2, -0.15) is 0 Å². The molecule has 166 valence electrons. The van der Waals surface area contributed by atoms with Crippen molar-refractivity contribution >= 4 is 11.8 Å². The van der Waals surface area contributed by atoms with Crippen molar-refractivity contribution in [3.63, 3.8) is 0 Å². The first-order valence-corrected chi connectivity index (χ1v) is 11.5. The lowest BCUT2D eigenvalue weighted by Crippen LogP contribution is -2.52. The number of hydrogen-bond acceptors (Lipinski definition) is 5. The topological polar surface area (TPSA) is 66.2 Å². The van der Waals surface area contributed by atoms with Crippen LogP contribution < -0.4 is 0 Å². The number of carbonyl (C=O) groups excluding carboxylic acids is 2. The second kappa shape index (κ2) is 9.96. The molecule has 30 heavy (non-hydrogen) atoms. The van der Waals surface area contributed by atoms with Crippen LogP contribution in [0.4, 0.5) is 0 Å². The number of amides is 2. The molecular weight excluding hydrogens is 382 g/mol. The highest BCUT2D eigenvalue weighted by Crippen LogP contribution is 2.32. The van der Waals surface area contributed by atoms with Gasteiger partial charge in [0, 0.05) is 39.2 Å². The molecule has 3 aliphatic heterocycles. The van der Waals surface area contributed by atoms with Crippen LogP contribution in [0.2, 0.25) is 0 Å². The largest absolute Gasteiger partial charge is 0.467 e. The highest BCUT2D eigenvalue weighted by Gasteiger charge is 2.39. The normalized spacial score (nSPS) is 27.3. The van der Waals surface area contributed by atoms with Crippen molar-refractivity contribution in [2.24, 2.45) is 11.8 Å². The number of likely N-dealkylation sites (tertiary alicyclic amines) is 1. The molecule has 0 radical (unpaired) electrons. The van der Waals surface area contributed by atoms with Crippen LogP contribution in [-0.4, -0.2) is 79.0 Å². The molecule has 7 nitrogen and oxygen atoms in total. The van der Waals surface area contributed by atoms with Crippen molar-refractivity contribution in [1.29, 1.82) is 0 Å². The summed E-state index contributed by atoms with van der Waals surface area (Å²) in [6.07, 6.45) is 8.15. The molecule has 3 unspecified atom stereocenters. The molecule has 0 saturated carbocycles. The van der Waals surface area contributed by atoms with E-state index in [2.05, 4.69) is 4.90 Å². The Balaban J connectivity index is 1.40. The fraction of sp³-hybridized carbons (Fsp3) is 0.739. The Hall–Kier alpha value is -1.86. The molecule has 3 aliphatic rings. The zero-order valence-electron chi connectivity index (χ0n) is 18.1. The van der Waals surface area contributed by atoms with E-state index < -0.39 is 0 Å². The van der Waals surface area contributed by atoms with Crippen LogP contribution in [0, 0.1) is 11.8 Å². The van der Waals surface area contributed by atoms with Crippen molar-refractivity contribution in [3.05, 3.63) is 24.2 Å². The zero-order chi connectivity index (χ0) is 20.9. The predicted molar refractivity (Wildman–Crippen MR) is 113 cm³/mol. The zero-order valence-corrected chi connectivity index (χ0v) is 18.1. The van der Waals surface area contributed by atoms with Gasteiger partial charge in [-0.3, -0.25) is 9.59 Å². The number of ether oxygens (including phenoxy) is 1. The lowest BCUT2D eigenvalue weighted by Gasteiger charge is -2.46. The fourth-order valence-corrected chi connectivity index (χ4v) is 5.51. The minimum absolute atomic E-state index is 0.0348. The number of furan rings is 1. The van der Waals surface area contributed by atoms with Crippen LogP contribution in [0.15, 0.2) is 22.8 Å². The monoisotopic (exact) mass is 417 g/mol. The summed E-state index contributed by atoms with van der Waals surface area (Å²) in [7, 11) is 1.68. The van der Waals surface area contributed by atoms with Crippen molar-refractivity contribution < 1.29 is 18.7 Å². The molecule has 1 aromatic rings. The van der Waals surface area contributed by atoms with Gasteiger partial charge in [0.05, 0.1) is 25.3 Å². The molecule has 4 heterocycles. The summed E-state index contributed by atoms with van der Waals surface area (Å²) in [5.74, 6) is 1.15. The smallest absolute Gasteiger partial charge is 0.228 e. The van der Waals surface area contributed by atoms with Crippen LogP contribution in [0.5, 0.6) is 0 Å². The molecule has 7 heteroatoms. The van der Waals surface area contributed by atoms with Crippen LogP contribution in [0.25, 0.3) is 0 Å². The maximum Gasteiger partial charge on any atom is 0.228 e. The van der Waals surface area contributed by atoms with Crippen molar-refractivity contribution in [1.82, 2.24) is 14.7 Å². The van der Waals surface area contributed by atoms with Crippen LogP contribution in [0.3, 0.4) is 0 Å². The number of hydrogen-bond donors (Lipinski definition) is 0. The van der Waals surface area contributed by atoms with E-state index in [1.807, 2.05) is 17.0 Å². The van der Waals surface area contributed by atoms with Crippen LogP contribution >= 0.6 is 0 Å². The minimum atomic E-state index is -0.268. The number of methoxy groups -OCH3 is 1. The summed E-state index contributed by atoms with van der Waals surface area (Å²) in [4.78, 5) is 32.3. The first-order chi connectivity index (χ1) is 14.7. The fourth-order valence-electron chi connectivity index (χ4n) is 5.51. The molecule has 0 aromatic carbocycles. The lowest BCUT2D eigenvalue weighted by molar-refractivity contribution is -0.137. The Bertz CT molecular complexity index is 705. The third-order valence-electron chi connectivity index (χ3n) is 7.05. The molecule has 0 spiro atoms. The van der Waals surface area contributed by atoms with E-state index in [1.165, 1.54) is 45.2 Å². The highest BCUT2D eigenvalue weighted by molar-refractivity contribution is 5.89. The summed E-state index contributed by atoms with van der Waals surface area (Å²) in [6, 6.07) is 4.29. The average molecular weight is 418 g/mol. The van der Waals surface area contributed by atoms with E-state index in [0.717, 1.165) is 12.3 Å². The summed E-state index contributed by atoms with van der Waals surface area (Å²) in [5.41, 5.74) is 0. The maximum absolute atomic E-state index is 13.4. The number of piperidine rings is 2. The number of rotatable bonds is 8. The van der Waals surface area contributed by atoms with Gasteiger partial charge in [-0.05, 0) is 56.8 Å². The second-order valence-electron chi connectivity index (χ2n) is 9.03. The molecule has 3 atom stereocenters. The molecule has 4 rings (SSSR count). The molecule has 1 aromatic heterocycles. The first kappa shape index (κ1) is 21.4. The molecule has 0 aliphatic carbocycles. The minimum Gasteiger partial charge on any atom is -0.467 e. The summed E-state index contributed by atoms with van der Waals surface area (Å²) < 4.78 is 10.7. The predicted octanol–water partition coefficient (Wildman–Crippen LogP) is 2.37. The molecule has 0 N–H and O–H groups in total. The van der Waals surface area contributed by atoms with Gasteiger partial charge in [-0.1, -0.05) is 6.42 Å². The van der Waals surface area contributed by atoms with Gasteiger partial charge in [0.1, 0.15) is 5.76 Å². The van der Waals surface area contributed by atoms with E-state index in [9.17, 15) is 9.59 Å². The SMILES string of the molecule is COCCN(CC1CCCN2CCCCC12)C(=O)C1CC(=O)N(Cc2ccco2)C1. The number of nitrogens with zero attached hydrogens (tertiary/aromatic N) is 3. The van der Waals surface area contributed by atoms with E-state index in [0.29, 0.717) is 44.6 Å². The molecule has 3 fully saturated rings. The average Bonchev–Trinajstić information content (AvgIpc) is 3.41. The van der Waals surface area contributed by atoms with Crippen LogP contribution in [0.1, 0.15) is 44.3 Å². The van der Waals surface area contributed by atoms with Gasteiger partial charge in [0.2, 0.25) is 11.8 Å². The van der Waals surface area contributed by atoms with E-state index in [1.54, 1.807) is 18.3 Å². The lowest BCUT2D eigenvalue weighted by atomic mass is 9.83. The van der Waals surface area contributed by atoms with Crippen molar-refractivity contribution in [3.8, 4) is 0 Å². The molecule has 0 bridgehead atoms. The molecule has 2 amide bonds. The number of carbonyl (C=O) groups is 2. The quantitative estimate of drug-likeness (QED) is 0.650. The molecule has 3 saturated heterocycles. The van der Waals surface area contributed by atoms with E-state index in [4.69, 9.17) is 9.15 Å². The standard InChI is InChI=1S/C23H35N3O4/c1-29-13-11-25(15-18-6-4-10-24-9-3-2-8-21(18)24)23(28)19-14-22(27)26(16-19)17-20-7-5-12-30-20/h5,7,12,18-19,21H,2-4,6,8-11,13-17H2,1H3. The van der Waals surface area contributed by atoms with Gasteiger partial charge >= 0.3 is 0 Å². The van der Waals surface area contributed by atoms with Crippen LogP contribution in [-0.2, 0) is 20.9 Å². The molecular formula is C23H35N3O4. The highest BCUT2D eigenvalue weighted by atomic mass is 16.5. The van der Waals surface area contributed by atoms with Gasteiger partial charge in [0.25, 0.3) is 0 Å². The van der Waals surface area contributed by atoms with E-state index in [-0.39, 0.29) is 17.7 Å². The Kier molecular flexibility index (Phi) is 7.10. The summed E-state index contributed by atoms with van der Waals surface area (Å²) in [6.45, 7) is 5.23. The van der Waals surface area contributed by atoms with Gasteiger partial charge in [-0.25, -0.2) is 0 Å². The third-order valence-corrected chi connectivity index (χ3v) is 7.05. The van der Waals surface area contributed by atoms with Crippen molar-refractivity contribution in [2.45, 2.75) is 51.1 Å². The summed E-state index contributed by atoms with van der Waals surface area (Å²) in [5, 5.41) is 0. The Morgan fingerprint density at radius 3 is 2.93 bits per heavy atom. The summed E-state index contributed by atoms with van der Waals surface area (Å²) >= 11 is 0. The Labute approximate surface area is 179 Å². The second-order valence-corrected chi connectivity index (χ2v) is 9.03. The van der Waals surface area contributed by atoms with E-state index >= 15 is 0 Å².